The van der Waals surface area contributed by atoms with E-state index in [1.807, 2.05) is 0 Å². The molecule has 2 aromatic carbocycles. The van der Waals surface area contributed by atoms with Crippen molar-refractivity contribution in [2.45, 2.75) is 6.18 Å². The molecule has 0 amide bonds. The fourth-order valence-electron chi connectivity index (χ4n) is 2.17. The van der Waals surface area contributed by atoms with Crippen LogP contribution in [0.15, 0.2) is 54.7 Å². The Morgan fingerprint density at radius 1 is 1.00 bits per heavy atom. The molecule has 0 radical (unpaired) electrons. The topological polar surface area (TPSA) is 45.1 Å². The Morgan fingerprint density at radius 2 is 1.82 bits per heavy atom. The molecule has 1 heterocycles. The molecule has 3 rings (SSSR count). The number of fused-ring (bicyclic) bond motifs is 1. The van der Waals surface area contributed by atoms with Crippen LogP contribution in [0, 0.1) is 0 Å². The predicted octanol–water partition coefficient (Wildman–Crippen LogP) is 4.70. The number of alkyl halides is 3. The number of hydrogen-bond donors (Lipinski definition) is 2. The Morgan fingerprint density at radius 3 is 2.59 bits per heavy atom. The summed E-state index contributed by atoms with van der Waals surface area (Å²) in [5, 5.41) is 13.1. The Hall–Kier alpha value is -2.76. The smallest absolute Gasteiger partial charge is 0.416 e. The monoisotopic (exact) mass is 304 g/mol. The van der Waals surface area contributed by atoms with Crippen molar-refractivity contribution in [1.29, 1.82) is 0 Å². The lowest BCUT2D eigenvalue weighted by Crippen LogP contribution is -2.05. The fraction of sp³-hybridized carbons (Fsp3) is 0.0625. The molecule has 0 aliphatic carbocycles. The summed E-state index contributed by atoms with van der Waals surface area (Å²) < 4.78 is 38.2. The van der Waals surface area contributed by atoms with Gasteiger partial charge in [-0.25, -0.2) is 0 Å². The second-order valence-electron chi connectivity index (χ2n) is 4.76. The van der Waals surface area contributed by atoms with E-state index in [-0.39, 0.29) is 5.75 Å². The van der Waals surface area contributed by atoms with Crippen LogP contribution in [0.4, 0.5) is 24.5 Å². The van der Waals surface area contributed by atoms with E-state index in [4.69, 9.17) is 0 Å². The van der Waals surface area contributed by atoms with Crippen molar-refractivity contribution >= 4 is 22.3 Å². The van der Waals surface area contributed by atoms with E-state index in [0.717, 1.165) is 12.1 Å². The molecular formula is C16H11F3N2O. The minimum absolute atomic E-state index is 0.0798. The maximum absolute atomic E-state index is 12.7. The highest BCUT2D eigenvalue weighted by Gasteiger charge is 2.30. The van der Waals surface area contributed by atoms with Gasteiger partial charge in [0.2, 0.25) is 0 Å². The van der Waals surface area contributed by atoms with Gasteiger partial charge in [0.25, 0.3) is 0 Å². The van der Waals surface area contributed by atoms with Crippen LogP contribution in [0.2, 0.25) is 0 Å². The molecule has 6 heteroatoms. The highest BCUT2D eigenvalue weighted by molar-refractivity contribution is 5.93. The number of nitrogens with one attached hydrogen (secondary N) is 1. The summed E-state index contributed by atoms with van der Waals surface area (Å²) in [4.78, 5) is 4.12. The minimum atomic E-state index is -4.39. The highest BCUT2D eigenvalue weighted by atomic mass is 19.4. The van der Waals surface area contributed by atoms with Crippen molar-refractivity contribution in [3.63, 3.8) is 0 Å². The minimum Gasteiger partial charge on any atom is -0.508 e. The summed E-state index contributed by atoms with van der Waals surface area (Å²) in [6.45, 7) is 0. The van der Waals surface area contributed by atoms with Crippen LogP contribution >= 0.6 is 0 Å². The quantitative estimate of drug-likeness (QED) is 0.721. The Balaban J connectivity index is 2.00. The van der Waals surface area contributed by atoms with Crippen LogP contribution in [0.25, 0.3) is 10.9 Å². The number of phenolic OH excluding ortho intramolecular Hbond substituents is 1. The number of anilines is 2. The standard InChI is InChI=1S/C16H11F3N2O/c17-16(18,19)10-2-1-3-11(8-10)21-14-6-7-20-15-9-12(22)4-5-13(14)15/h1-9,22H,(H,20,21). The molecular weight excluding hydrogens is 293 g/mol. The zero-order chi connectivity index (χ0) is 15.7. The van der Waals surface area contributed by atoms with Crippen LogP contribution < -0.4 is 5.32 Å². The predicted molar refractivity (Wildman–Crippen MR) is 78.1 cm³/mol. The molecule has 0 atom stereocenters. The number of phenols is 1. The summed E-state index contributed by atoms with van der Waals surface area (Å²) >= 11 is 0. The third-order valence-corrected chi connectivity index (χ3v) is 3.20. The molecule has 0 unspecified atom stereocenters. The third-order valence-electron chi connectivity index (χ3n) is 3.20. The maximum atomic E-state index is 12.7. The van der Waals surface area contributed by atoms with Gasteiger partial charge in [0.1, 0.15) is 5.75 Å². The molecule has 112 valence electrons. The lowest BCUT2D eigenvalue weighted by molar-refractivity contribution is -0.137. The van der Waals surface area contributed by atoms with Crippen molar-refractivity contribution < 1.29 is 18.3 Å². The summed E-state index contributed by atoms with van der Waals surface area (Å²) in [6, 6.07) is 11.3. The van der Waals surface area contributed by atoms with E-state index in [9.17, 15) is 18.3 Å². The number of nitrogens with zero attached hydrogens (tertiary/aromatic N) is 1. The van der Waals surface area contributed by atoms with E-state index in [2.05, 4.69) is 10.3 Å². The molecule has 3 aromatic rings. The van der Waals surface area contributed by atoms with Crippen molar-refractivity contribution in [2.24, 2.45) is 0 Å². The molecule has 0 bridgehead atoms. The van der Waals surface area contributed by atoms with Gasteiger partial charge in [-0.1, -0.05) is 6.07 Å². The van der Waals surface area contributed by atoms with Crippen LogP contribution in [0.3, 0.4) is 0 Å². The zero-order valence-electron chi connectivity index (χ0n) is 11.2. The Labute approximate surface area is 124 Å². The maximum Gasteiger partial charge on any atom is 0.416 e. The van der Waals surface area contributed by atoms with Crippen LogP contribution in [0.5, 0.6) is 5.75 Å². The molecule has 0 saturated carbocycles. The Kier molecular flexibility index (Phi) is 3.36. The number of halogens is 3. The number of rotatable bonds is 2. The number of pyridine rings is 1. The van der Waals surface area contributed by atoms with Gasteiger partial charge in [0.15, 0.2) is 0 Å². The van der Waals surface area contributed by atoms with Gasteiger partial charge < -0.3 is 10.4 Å². The van der Waals surface area contributed by atoms with Crippen molar-refractivity contribution in [3.05, 3.63) is 60.3 Å². The average molecular weight is 304 g/mol. The normalized spacial score (nSPS) is 11.6. The van der Waals surface area contributed by atoms with E-state index in [1.54, 1.807) is 18.2 Å². The zero-order valence-corrected chi connectivity index (χ0v) is 11.2. The molecule has 1 aromatic heterocycles. The number of aromatic nitrogens is 1. The summed E-state index contributed by atoms with van der Waals surface area (Å²) in [7, 11) is 0. The number of hydrogen-bond acceptors (Lipinski definition) is 3. The number of aromatic hydroxyl groups is 1. The van der Waals surface area contributed by atoms with Crippen LogP contribution in [0.1, 0.15) is 5.56 Å². The van der Waals surface area contributed by atoms with Crippen molar-refractivity contribution in [1.82, 2.24) is 4.98 Å². The number of benzene rings is 2. The van der Waals surface area contributed by atoms with Crippen molar-refractivity contribution in [2.75, 3.05) is 5.32 Å². The second kappa shape index (κ2) is 5.22. The lowest BCUT2D eigenvalue weighted by atomic mass is 10.1. The van der Waals surface area contributed by atoms with Gasteiger partial charge in [0.05, 0.1) is 11.1 Å². The lowest BCUT2D eigenvalue weighted by Gasteiger charge is -2.12. The van der Waals surface area contributed by atoms with E-state index in [0.29, 0.717) is 22.3 Å². The molecule has 22 heavy (non-hydrogen) atoms. The van der Waals surface area contributed by atoms with Crippen LogP contribution in [-0.4, -0.2) is 10.1 Å². The van der Waals surface area contributed by atoms with E-state index in [1.165, 1.54) is 24.4 Å². The first-order chi connectivity index (χ1) is 10.4. The van der Waals surface area contributed by atoms with Gasteiger partial charge in [-0.15, -0.1) is 0 Å². The summed E-state index contributed by atoms with van der Waals surface area (Å²) in [6.07, 6.45) is -2.86. The van der Waals surface area contributed by atoms with E-state index < -0.39 is 11.7 Å². The van der Waals surface area contributed by atoms with Gasteiger partial charge in [-0.2, -0.15) is 13.2 Å². The van der Waals surface area contributed by atoms with Gasteiger partial charge in [0, 0.05) is 29.0 Å². The molecule has 3 nitrogen and oxygen atoms in total. The van der Waals surface area contributed by atoms with Gasteiger partial charge >= 0.3 is 6.18 Å². The third kappa shape index (κ3) is 2.81. The summed E-state index contributed by atoms with van der Waals surface area (Å²) in [5.41, 5.74) is 0.783. The molecule has 0 saturated heterocycles. The fourth-order valence-corrected chi connectivity index (χ4v) is 2.17. The molecule has 2 N–H and O–H groups in total. The van der Waals surface area contributed by atoms with Gasteiger partial charge in [-0.05, 0) is 36.4 Å². The first-order valence-electron chi connectivity index (χ1n) is 6.45. The molecule has 0 fully saturated rings. The van der Waals surface area contributed by atoms with E-state index >= 15 is 0 Å². The van der Waals surface area contributed by atoms with Crippen LogP contribution in [-0.2, 0) is 6.18 Å². The first kappa shape index (κ1) is 14.2. The SMILES string of the molecule is Oc1ccc2c(Nc3cccc(C(F)(F)F)c3)ccnc2c1. The Bertz CT molecular complexity index is 831. The molecule has 0 aliphatic heterocycles. The molecule has 0 aliphatic rings. The van der Waals surface area contributed by atoms with Gasteiger partial charge in [-0.3, -0.25) is 4.98 Å². The second-order valence-corrected chi connectivity index (χ2v) is 4.76. The molecule has 0 spiro atoms. The highest BCUT2D eigenvalue weighted by Crippen LogP contribution is 2.32. The largest absolute Gasteiger partial charge is 0.508 e. The summed E-state index contributed by atoms with van der Waals surface area (Å²) in [5.74, 6) is 0.0798. The average Bonchev–Trinajstić information content (AvgIpc) is 2.46. The van der Waals surface area contributed by atoms with Crippen molar-refractivity contribution in [3.8, 4) is 5.75 Å². The first-order valence-corrected chi connectivity index (χ1v) is 6.45.